The molecule has 1 aromatic carbocycles. The molecule has 7 heteroatoms. The number of hydrogen-bond acceptors (Lipinski definition) is 3. The summed E-state index contributed by atoms with van der Waals surface area (Å²) in [5.41, 5.74) is 5.24. The van der Waals surface area contributed by atoms with Gasteiger partial charge in [-0.15, -0.1) is 0 Å². The highest BCUT2D eigenvalue weighted by Crippen LogP contribution is 2.21. The second kappa shape index (κ2) is 5.58. The zero-order chi connectivity index (χ0) is 12.2. The second-order valence-corrected chi connectivity index (χ2v) is 5.26. The molecule has 0 radical (unpaired) electrons. The van der Waals surface area contributed by atoms with Gasteiger partial charge in [-0.2, -0.15) is 0 Å². The summed E-state index contributed by atoms with van der Waals surface area (Å²) < 4.78 is 38.4. The van der Waals surface area contributed by atoms with Gasteiger partial charge in [-0.05, 0) is 31.2 Å². The molecule has 0 atom stereocenters. The Morgan fingerprint density at radius 2 is 2.12 bits per heavy atom. The van der Waals surface area contributed by atoms with Gasteiger partial charge in [0.2, 0.25) is 10.0 Å². The van der Waals surface area contributed by atoms with Crippen LogP contribution in [0.1, 0.15) is 6.42 Å². The molecule has 1 aromatic rings. The fourth-order valence-electron chi connectivity index (χ4n) is 1.08. The van der Waals surface area contributed by atoms with E-state index >= 15 is 0 Å². The Morgan fingerprint density at radius 3 is 2.69 bits per heavy atom. The lowest BCUT2D eigenvalue weighted by atomic mass is 10.3. The van der Waals surface area contributed by atoms with Gasteiger partial charge in [0.15, 0.2) is 0 Å². The second-order valence-electron chi connectivity index (χ2n) is 3.11. The Hall–Kier alpha value is -0.690. The van der Waals surface area contributed by atoms with Crippen molar-refractivity contribution < 1.29 is 12.8 Å². The Balaban J connectivity index is 2.90. The molecule has 0 aliphatic rings. The molecule has 0 saturated carbocycles. The van der Waals surface area contributed by atoms with Gasteiger partial charge < -0.3 is 5.73 Å². The van der Waals surface area contributed by atoms with Gasteiger partial charge in [0.25, 0.3) is 0 Å². The molecule has 1 rings (SSSR count). The lowest BCUT2D eigenvalue weighted by Gasteiger charge is -2.07. The Kier molecular flexibility index (Phi) is 4.67. The number of nitrogens with one attached hydrogen (secondary N) is 1. The van der Waals surface area contributed by atoms with Gasteiger partial charge in [0.1, 0.15) is 10.7 Å². The summed E-state index contributed by atoms with van der Waals surface area (Å²) in [5.74, 6) is -0.578. The number of hydrogen-bond donors (Lipinski definition) is 2. The summed E-state index contributed by atoms with van der Waals surface area (Å²) in [6, 6.07) is 3.13. The molecule has 90 valence electrons. The van der Waals surface area contributed by atoms with Crippen molar-refractivity contribution in [2.45, 2.75) is 11.3 Å². The molecule has 0 aliphatic heterocycles. The monoisotopic (exact) mass is 266 g/mol. The van der Waals surface area contributed by atoms with Crippen LogP contribution in [0.3, 0.4) is 0 Å². The number of nitrogens with two attached hydrogens (primary N) is 1. The van der Waals surface area contributed by atoms with Crippen LogP contribution < -0.4 is 10.5 Å². The fourth-order valence-corrected chi connectivity index (χ4v) is 2.68. The van der Waals surface area contributed by atoms with Gasteiger partial charge in [-0.1, -0.05) is 11.6 Å². The molecule has 4 nitrogen and oxygen atoms in total. The largest absolute Gasteiger partial charge is 0.330 e. The minimum Gasteiger partial charge on any atom is -0.330 e. The molecule has 0 saturated heterocycles. The molecule has 0 fully saturated rings. The van der Waals surface area contributed by atoms with Crippen molar-refractivity contribution in [3.8, 4) is 0 Å². The summed E-state index contributed by atoms with van der Waals surface area (Å²) in [6.07, 6.45) is 0.526. The normalized spacial score (nSPS) is 11.7. The van der Waals surface area contributed by atoms with Crippen molar-refractivity contribution >= 4 is 21.6 Å². The first kappa shape index (κ1) is 13.4. The van der Waals surface area contributed by atoms with Crippen molar-refractivity contribution in [3.05, 3.63) is 29.0 Å². The Bertz CT molecular complexity index is 465. The summed E-state index contributed by atoms with van der Waals surface area (Å²) in [7, 11) is -3.68. The first-order valence-electron chi connectivity index (χ1n) is 4.62. The molecular formula is C9H12ClFN2O2S. The summed E-state index contributed by atoms with van der Waals surface area (Å²) >= 11 is 5.64. The minimum absolute atomic E-state index is 0.132. The van der Waals surface area contributed by atoms with Crippen LogP contribution in [-0.2, 0) is 10.0 Å². The van der Waals surface area contributed by atoms with Crippen LogP contribution in [0.5, 0.6) is 0 Å². The molecule has 0 spiro atoms. The maximum Gasteiger partial charge on any atom is 0.242 e. The van der Waals surface area contributed by atoms with E-state index in [-0.39, 0.29) is 16.5 Å². The average Bonchev–Trinajstić information content (AvgIpc) is 2.17. The lowest BCUT2D eigenvalue weighted by Crippen LogP contribution is -2.26. The maximum atomic E-state index is 12.7. The van der Waals surface area contributed by atoms with Crippen molar-refractivity contribution in [2.24, 2.45) is 5.73 Å². The number of rotatable bonds is 5. The predicted molar refractivity (Wildman–Crippen MR) is 60.3 cm³/mol. The third kappa shape index (κ3) is 3.41. The van der Waals surface area contributed by atoms with Crippen molar-refractivity contribution in [1.29, 1.82) is 0 Å². The van der Waals surface area contributed by atoms with Gasteiger partial charge in [-0.25, -0.2) is 17.5 Å². The maximum absolute atomic E-state index is 12.7. The van der Waals surface area contributed by atoms with Crippen LogP contribution >= 0.6 is 11.6 Å². The van der Waals surface area contributed by atoms with Crippen molar-refractivity contribution in [3.63, 3.8) is 0 Å². The third-order valence-corrected chi connectivity index (χ3v) is 3.80. The van der Waals surface area contributed by atoms with E-state index in [4.69, 9.17) is 17.3 Å². The SMILES string of the molecule is NCCCNS(=O)(=O)c1ccc(F)cc1Cl. The van der Waals surface area contributed by atoms with Crippen LogP contribution in [0, 0.1) is 5.82 Å². The summed E-state index contributed by atoms with van der Waals surface area (Å²) in [6.45, 7) is 0.617. The van der Waals surface area contributed by atoms with Gasteiger partial charge in [-0.3, -0.25) is 0 Å². The average molecular weight is 267 g/mol. The van der Waals surface area contributed by atoms with Crippen LogP contribution in [-0.4, -0.2) is 21.5 Å². The van der Waals surface area contributed by atoms with Crippen LogP contribution in [0.15, 0.2) is 23.1 Å². The first-order valence-corrected chi connectivity index (χ1v) is 6.48. The first-order chi connectivity index (χ1) is 7.47. The summed E-state index contributed by atoms with van der Waals surface area (Å²) in [4.78, 5) is -0.132. The molecule has 3 N–H and O–H groups in total. The molecular weight excluding hydrogens is 255 g/mol. The van der Waals surface area contributed by atoms with E-state index in [1.54, 1.807) is 0 Å². The highest BCUT2D eigenvalue weighted by Gasteiger charge is 2.17. The van der Waals surface area contributed by atoms with E-state index in [1.165, 1.54) is 0 Å². The van der Waals surface area contributed by atoms with Gasteiger partial charge in [0.05, 0.1) is 5.02 Å². The van der Waals surface area contributed by atoms with Crippen LogP contribution in [0.25, 0.3) is 0 Å². The number of sulfonamides is 1. The minimum atomic E-state index is -3.68. The van der Waals surface area contributed by atoms with Crippen molar-refractivity contribution in [2.75, 3.05) is 13.1 Å². The van der Waals surface area contributed by atoms with Crippen LogP contribution in [0.4, 0.5) is 4.39 Å². The Morgan fingerprint density at radius 1 is 1.44 bits per heavy atom. The van der Waals surface area contributed by atoms with E-state index in [2.05, 4.69) is 4.72 Å². The van der Waals surface area contributed by atoms with E-state index in [9.17, 15) is 12.8 Å². The predicted octanol–water partition coefficient (Wildman–Crippen LogP) is 1.11. The highest BCUT2D eigenvalue weighted by molar-refractivity contribution is 7.89. The van der Waals surface area contributed by atoms with E-state index in [0.717, 1.165) is 18.2 Å². The number of halogens is 2. The van der Waals surface area contributed by atoms with E-state index < -0.39 is 15.8 Å². The van der Waals surface area contributed by atoms with E-state index in [1.807, 2.05) is 0 Å². The van der Waals surface area contributed by atoms with Gasteiger partial charge >= 0.3 is 0 Å². The zero-order valence-corrected chi connectivity index (χ0v) is 9.98. The van der Waals surface area contributed by atoms with Gasteiger partial charge in [0, 0.05) is 6.54 Å². The molecule has 0 bridgehead atoms. The van der Waals surface area contributed by atoms with E-state index in [0.29, 0.717) is 13.0 Å². The lowest BCUT2D eigenvalue weighted by molar-refractivity contribution is 0.579. The zero-order valence-electron chi connectivity index (χ0n) is 8.41. The molecule has 0 aliphatic carbocycles. The molecule has 16 heavy (non-hydrogen) atoms. The van der Waals surface area contributed by atoms with Crippen molar-refractivity contribution in [1.82, 2.24) is 4.72 Å². The Labute approximate surface area is 98.6 Å². The highest BCUT2D eigenvalue weighted by atomic mass is 35.5. The van der Waals surface area contributed by atoms with Crippen LogP contribution in [0.2, 0.25) is 5.02 Å². The molecule has 0 heterocycles. The standard InChI is InChI=1S/C9H12ClFN2O2S/c10-8-6-7(11)2-3-9(8)16(14,15)13-5-1-4-12/h2-3,6,13H,1,4-5,12H2. The third-order valence-electron chi connectivity index (χ3n) is 1.86. The topological polar surface area (TPSA) is 72.2 Å². The fraction of sp³-hybridized carbons (Fsp3) is 0.333. The molecule has 0 unspecified atom stereocenters. The quantitative estimate of drug-likeness (QED) is 0.784. The molecule has 0 amide bonds. The number of benzene rings is 1. The summed E-state index contributed by atoms with van der Waals surface area (Å²) in [5, 5.41) is -0.139. The molecule has 0 aromatic heterocycles. The smallest absolute Gasteiger partial charge is 0.242 e.